The summed E-state index contributed by atoms with van der Waals surface area (Å²) in [5.41, 5.74) is 0.193. The Hall–Kier alpha value is -1.46. The highest BCUT2D eigenvalue weighted by Gasteiger charge is 2.30. The molecule has 2 aliphatic rings. The van der Waals surface area contributed by atoms with Crippen molar-refractivity contribution in [2.24, 2.45) is 4.99 Å². The molecule has 1 N–H and O–H groups in total. The Morgan fingerprint density at radius 3 is 2.50 bits per heavy atom. The molecule has 0 spiro atoms. The van der Waals surface area contributed by atoms with E-state index in [-0.39, 0.29) is 16.3 Å². The minimum Gasteiger partial charge on any atom is -0.350 e. The van der Waals surface area contributed by atoms with Crippen LogP contribution in [-0.2, 0) is 0 Å². The van der Waals surface area contributed by atoms with Gasteiger partial charge in [0, 0.05) is 23.3 Å². The number of hydrogen-bond acceptors (Lipinski definition) is 2. The summed E-state index contributed by atoms with van der Waals surface area (Å²) in [7, 11) is 0. The summed E-state index contributed by atoms with van der Waals surface area (Å²) in [6, 6.07) is 1.27. The van der Waals surface area contributed by atoms with Crippen LogP contribution in [0.5, 0.6) is 0 Å². The zero-order chi connectivity index (χ0) is 14.4. The first-order valence-corrected chi connectivity index (χ1v) is 6.51. The number of alkyl halides is 1. The summed E-state index contributed by atoms with van der Waals surface area (Å²) in [5.74, 6) is -2.92. The second-order valence-corrected chi connectivity index (χ2v) is 5.09. The summed E-state index contributed by atoms with van der Waals surface area (Å²) < 4.78 is 40.7. The van der Waals surface area contributed by atoms with Gasteiger partial charge in [-0.15, -0.1) is 0 Å². The average Bonchev–Trinajstić information content (AvgIpc) is 2.72. The van der Waals surface area contributed by atoms with E-state index in [4.69, 9.17) is 23.2 Å². The minimum absolute atomic E-state index is 0.202. The van der Waals surface area contributed by atoms with E-state index in [1.165, 1.54) is 0 Å². The maximum Gasteiger partial charge on any atom is 0.197 e. The van der Waals surface area contributed by atoms with Gasteiger partial charge in [-0.25, -0.2) is 18.2 Å². The third kappa shape index (κ3) is 2.11. The van der Waals surface area contributed by atoms with Crippen molar-refractivity contribution in [2.45, 2.75) is 12.0 Å². The molecule has 1 aliphatic carbocycles. The van der Waals surface area contributed by atoms with Crippen molar-refractivity contribution in [3.05, 3.63) is 52.5 Å². The second kappa shape index (κ2) is 4.82. The maximum atomic E-state index is 13.8. The minimum atomic E-state index is -0.978. The smallest absolute Gasteiger partial charge is 0.197 e. The fraction of sp³-hybridized carbons (Fsp3) is 0.154. The lowest BCUT2D eigenvalue weighted by Gasteiger charge is -2.21. The van der Waals surface area contributed by atoms with Crippen molar-refractivity contribution in [2.75, 3.05) is 0 Å². The van der Waals surface area contributed by atoms with Crippen molar-refractivity contribution in [3.8, 4) is 0 Å². The van der Waals surface area contributed by atoms with Crippen LogP contribution >= 0.6 is 23.2 Å². The topological polar surface area (TPSA) is 24.4 Å². The molecular weight excluding hydrogens is 312 g/mol. The second-order valence-electron chi connectivity index (χ2n) is 4.32. The maximum absolute atomic E-state index is 13.8. The van der Waals surface area contributed by atoms with Gasteiger partial charge in [0.2, 0.25) is 0 Å². The number of rotatable bonds is 1. The molecule has 0 fully saturated rings. The lowest BCUT2D eigenvalue weighted by atomic mass is 10.0. The largest absolute Gasteiger partial charge is 0.350 e. The number of nitrogens with one attached hydrogen (secondary N) is 1. The first kappa shape index (κ1) is 13.5. The van der Waals surface area contributed by atoms with Crippen LogP contribution in [0.4, 0.5) is 13.2 Å². The standard InChI is InChI=1S/C13H7Cl2F3N2/c14-12-7-2-1-6(11(7)19-13(15)20-12)10-8(17)3-5(16)4-9(10)18/h1,3-4,13,19H,2H2. The molecule has 104 valence electrons. The molecule has 1 aromatic carbocycles. The first-order valence-electron chi connectivity index (χ1n) is 5.70. The lowest BCUT2D eigenvalue weighted by molar-refractivity contribution is 0.538. The van der Waals surface area contributed by atoms with Gasteiger partial charge in [-0.3, -0.25) is 0 Å². The molecule has 0 saturated heterocycles. The average molecular weight is 319 g/mol. The van der Waals surface area contributed by atoms with Gasteiger partial charge in [-0.2, -0.15) is 0 Å². The Bertz CT molecular complexity index is 672. The van der Waals surface area contributed by atoms with Gasteiger partial charge in [0.05, 0.1) is 11.3 Å². The number of halogens is 5. The number of aliphatic imine (C=N–C) groups is 1. The molecule has 2 nitrogen and oxygen atoms in total. The van der Waals surface area contributed by atoms with Crippen molar-refractivity contribution in [3.63, 3.8) is 0 Å². The molecule has 1 aliphatic heterocycles. The number of allylic oxidation sites excluding steroid dienone is 3. The molecule has 0 amide bonds. The first-order chi connectivity index (χ1) is 9.47. The van der Waals surface area contributed by atoms with Gasteiger partial charge in [0.25, 0.3) is 0 Å². The van der Waals surface area contributed by atoms with E-state index in [2.05, 4.69) is 10.3 Å². The normalized spacial score (nSPS) is 21.4. The van der Waals surface area contributed by atoms with E-state index < -0.39 is 23.1 Å². The van der Waals surface area contributed by atoms with Crippen molar-refractivity contribution in [1.82, 2.24) is 5.32 Å². The van der Waals surface area contributed by atoms with Crippen LogP contribution < -0.4 is 5.32 Å². The van der Waals surface area contributed by atoms with Crippen LogP contribution in [0.25, 0.3) is 5.57 Å². The van der Waals surface area contributed by atoms with Crippen molar-refractivity contribution >= 4 is 33.9 Å². The third-order valence-electron chi connectivity index (χ3n) is 3.10. The highest BCUT2D eigenvalue weighted by molar-refractivity contribution is 6.70. The Morgan fingerprint density at radius 2 is 1.85 bits per heavy atom. The van der Waals surface area contributed by atoms with E-state index in [1.807, 2.05) is 0 Å². The SMILES string of the molecule is Fc1cc(F)c(C2=CCC3=C2NC(Cl)N=C3Cl)c(F)c1. The van der Waals surface area contributed by atoms with Gasteiger partial charge < -0.3 is 5.32 Å². The molecule has 1 atom stereocenters. The number of nitrogens with zero attached hydrogens (tertiary/aromatic N) is 1. The van der Waals surface area contributed by atoms with Gasteiger partial charge in [0.15, 0.2) is 5.62 Å². The Morgan fingerprint density at radius 1 is 1.20 bits per heavy atom. The van der Waals surface area contributed by atoms with E-state index in [1.54, 1.807) is 6.08 Å². The summed E-state index contributed by atoms with van der Waals surface area (Å²) in [6.45, 7) is 0. The van der Waals surface area contributed by atoms with Crippen LogP contribution in [0.1, 0.15) is 12.0 Å². The van der Waals surface area contributed by atoms with Gasteiger partial charge >= 0.3 is 0 Å². The molecule has 0 saturated carbocycles. The van der Waals surface area contributed by atoms with Crippen molar-refractivity contribution < 1.29 is 13.2 Å². The summed E-state index contributed by atoms with van der Waals surface area (Å²) in [6.07, 6.45) is 1.98. The number of hydrogen-bond donors (Lipinski definition) is 1. The Kier molecular flexibility index (Phi) is 3.26. The van der Waals surface area contributed by atoms with Gasteiger partial charge in [-0.05, 0) is 6.42 Å². The van der Waals surface area contributed by atoms with E-state index in [9.17, 15) is 13.2 Å². The summed E-state index contributed by atoms with van der Waals surface area (Å²) >= 11 is 11.8. The van der Waals surface area contributed by atoms with Gasteiger partial charge in [-0.1, -0.05) is 29.3 Å². The summed E-state index contributed by atoms with van der Waals surface area (Å²) in [5, 5.41) is 3.01. The molecule has 1 aromatic rings. The number of benzene rings is 1. The van der Waals surface area contributed by atoms with Crippen molar-refractivity contribution in [1.29, 1.82) is 0 Å². The van der Waals surface area contributed by atoms with Crippen LogP contribution in [0.15, 0.2) is 34.5 Å². The van der Waals surface area contributed by atoms with Gasteiger partial charge in [0.1, 0.15) is 22.6 Å². The third-order valence-corrected chi connectivity index (χ3v) is 3.63. The zero-order valence-electron chi connectivity index (χ0n) is 9.85. The molecule has 0 aromatic heterocycles. The lowest BCUT2D eigenvalue weighted by Crippen LogP contribution is -2.28. The van der Waals surface area contributed by atoms with E-state index in [0.29, 0.717) is 29.8 Å². The van der Waals surface area contributed by atoms with E-state index in [0.717, 1.165) is 0 Å². The van der Waals surface area contributed by atoms with Crippen LogP contribution in [-0.4, -0.2) is 10.8 Å². The predicted molar refractivity (Wildman–Crippen MR) is 72.0 cm³/mol. The molecule has 0 radical (unpaired) electrons. The molecule has 0 bridgehead atoms. The van der Waals surface area contributed by atoms with Crippen LogP contribution in [0.2, 0.25) is 0 Å². The molecule has 20 heavy (non-hydrogen) atoms. The fourth-order valence-electron chi connectivity index (χ4n) is 2.28. The molecule has 1 unspecified atom stereocenters. The molecular formula is C13H7Cl2F3N2. The molecule has 7 heteroatoms. The Balaban J connectivity index is 2.12. The highest BCUT2D eigenvalue weighted by Crippen LogP contribution is 2.38. The monoisotopic (exact) mass is 318 g/mol. The fourth-order valence-corrected chi connectivity index (χ4v) is 2.80. The van der Waals surface area contributed by atoms with Crippen LogP contribution in [0.3, 0.4) is 0 Å². The molecule has 1 heterocycles. The molecule has 3 rings (SSSR count). The zero-order valence-corrected chi connectivity index (χ0v) is 11.4. The summed E-state index contributed by atoms with van der Waals surface area (Å²) in [4.78, 5) is 3.91. The quantitative estimate of drug-likeness (QED) is 0.616. The highest BCUT2D eigenvalue weighted by atomic mass is 35.5. The predicted octanol–water partition coefficient (Wildman–Crippen LogP) is 3.91. The van der Waals surface area contributed by atoms with E-state index >= 15 is 0 Å². The Labute approximate surface area is 122 Å². The van der Waals surface area contributed by atoms with Crippen LogP contribution in [0, 0.1) is 17.5 Å².